The third kappa shape index (κ3) is 3.47. The second kappa shape index (κ2) is 7.43. The van der Waals surface area contributed by atoms with Gasteiger partial charge in [0.2, 0.25) is 0 Å². The summed E-state index contributed by atoms with van der Waals surface area (Å²) in [5.41, 5.74) is 2.72. The molecule has 0 aliphatic rings. The normalized spacial score (nSPS) is 12.2. The van der Waals surface area contributed by atoms with Crippen LogP contribution in [0.15, 0.2) is 53.1 Å². The van der Waals surface area contributed by atoms with Gasteiger partial charge in [0, 0.05) is 34.5 Å². The monoisotopic (exact) mass is 394 g/mol. The molecule has 148 valence electrons. The number of methoxy groups -OCH3 is 1. The van der Waals surface area contributed by atoms with Gasteiger partial charge in [0.05, 0.1) is 7.11 Å². The van der Waals surface area contributed by atoms with Crippen molar-refractivity contribution in [1.82, 2.24) is 10.3 Å². The number of aryl methyl sites for hydroxylation is 1. The quantitative estimate of drug-likeness (QED) is 0.503. The first-order valence-electron chi connectivity index (χ1n) is 9.10. The summed E-state index contributed by atoms with van der Waals surface area (Å²) in [5.74, 6) is -1.50. The molecule has 0 bridgehead atoms. The molecule has 2 aromatic heterocycles. The Hall–Kier alpha value is -3.61. The van der Waals surface area contributed by atoms with E-state index in [9.17, 15) is 14.0 Å². The fourth-order valence-electron chi connectivity index (χ4n) is 3.49. The Bertz CT molecular complexity index is 1220. The highest BCUT2D eigenvalue weighted by Crippen LogP contribution is 2.26. The van der Waals surface area contributed by atoms with Gasteiger partial charge in [-0.05, 0) is 36.8 Å². The van der Waals surface area contributed by atoms with E-state index in [0.717, 1.165) is 16.5 Å². The van der Waals surface area contributed by atoms with Crippen LogP contribution in [-0.2, 0) is 16.0 Å². The number of furan rings is 1. The van der Waals surface area contributed by atoms with Crippen molar-refractivity contribution in [2.45, 2.75) is 19.4 Å². The number of carbonyl (C=O) groups is 2. The van der Waals surface area contributed by atoms with E-state index in [1.54, 1.807) is 6.92 Å². The lowest BCUT2D eigenvalue weighted by atomic mass is 10.0. The molecule has 0 fully saturated rings. The first kappa shape index (κ1) is 18.7. The van der Waals surface area contributed by atoms with Crippen molar-refractivity contribution in [2.75, 3.05) is 7.11 Å². The number of esters is 1. The zero-order valence-electron chi connectivity index (χ0n) is 15.9. The summed E-state index contributed by atoms with van der Waals surface area (Å²) < 4.78 is 24.0. The maximum Gasteiger partial charge on any atom is 0.328 e. The number of halogens is 1. The Balaban J connectivity index is 1.62. The number of benzene rings is 2. The predicted octanol–water partition coefficient (Wildman–Crippen LogP) is 3.88. The van der Waals surface area contributed by atoms with E-state index < -0.39 is 23.7 Å². The largest absolute Gasteiger partial charge is 0.467 e. The third-order valence-corrected chi connectivity index (χ3v) is 4.99. The van der Waals surface area contributed by atoms with Gasteiger partial charge in [0.1, 0.15) is 17.4 Å². The van der Waals surface area contributed by atoms with Crippen molar-refractivity contribution in [3.8, 4) is 0 Å². The van der Waals surface area contributed by atoms with Gasteiger partial charge in [-0.25, -0.2) is 9.18 Å². The summed E-state index contributed by atoms with van der Waals surface area (Å²) in [4.78, 5) is 28.3. The van der Waals surface area contributed by atoms with Gasteiger partial charge in [-0.1, -0.05) is 18.2 Å². The van der Waals surface area contributed by atoms with E-state index in [4.69, 9.17) is 9.15 Å². The number of para-hydroxylation sites is 1. The molecule has 6 nitrogen and oxygen atoms in total. The van der Waals surface area contributed by atoms with Crippen LogP contribution in [0.1, 0.15) is 21.7 Å². The molecule has 4 rings (SSSR count). The second-order valence-corrected chi connectivity index (χ2v) is 6.81. The Morgan fingerprint density at radius 3 is 2.79 bits per heavy atom. The van der Waals surface area contributed by atoms with E-state index >= 15 is 0 Å². The molecule has 2 aromatic carbocycles. The van der Waals surface area contributed by atoms with Crippen molar-refractivity contribution in [3.63, 3.8) is 0 Å². The lowest BCUT2D eigenvalue weighted by molar-refractivity contribution is -0.142. The van der Waals surface area contributed by atoms with Crippen molar-refractivity contribution < 1.29 is 23.1 Å². The number of carbonyl (C=O) groups excluding carboxylic acids is 2. The molecule has 7 heteroatoms. The van der Waals surface area contributed by atoms with Crippen molar-refractivity contribution in [2.24, 2.45) is 0 Å². The minimum Gasteiger partial charge on any atom is -0.467 e. The van der Waals surface area contributed by atoms with E-state index in [2.05, 4.69) is 10.3 Å². The van der Waals surface area contributed by atoms with Crippen LogP contribution in [-0.4, -0.2) is 30.0 Å². The average Bonchev–Trinajstić information content (AvgIpc) is 3.28. The molecule has 0 saturated heterocycles. The fraction of sp³-hybridized carbons (Fsp3) is 0.182. The Morgan fingerprint density at radius 2 is 2.00 bits per heavy atom. The minimum atomic E-state index is -0.906. The highest BCUT2D eigenvalue weighted by atomic mass is 19.1. The maximum atomic E-state index is 13.5. The second-order valence-electron chi connectivity index (χ2n) is 6.81. The molecule has 0 spiro atoms. The fourth-order valence-corrected chi connectivity index (χ4v) is 3.49. The SMILES string of the molecule is COC(=O)C(Cc1c[nH]c2ccccc12)NC(=O)c1oc2ccc(F)cc2c1C. The number of hydrogen-bond acceptors (Lipinski definition) is 4. The number of amides is 1. The highest BCUT2D eigenvalue weighted by Gasteiger charge is 2.26. The number of nitrogens with one attached hydrogen (secondary N) is 2. The van der Waals surface area contributed by atoms with E-state index in [1.807, 2.05) is 30.5 Å². The maximum absolute atomic E-state index is 13.5. The van der Waals surface area contributed by atoms with Crippen LogP contribution in [0, 0.1) is 12.7 Å². The topological polar surface area (TPSA) is 84.3 Å². The Morgan fingerprint density at radius 1 is 1.21 bits per heavy atom. The standard InChI is InChI=1S/C22H19FN2O4/c1-12-16-10-14(23)7-8-19(16)29-20(12)21(26)25-18(22(27)28-2)9-13-11-24-17-6-4-3-5-15(13)17/h3-8,10-11,18,24H,9H2,1-2H3,(H,25,26). The van der Waals surface area contributed by atoms with E-state index in [1.165, 1.54) is 25.3 Å². The summed E-state index contributed by atoms with van der Waals surface area (Å²) in [6, 6.07) is 10.8. The molecule has 2 N–H and O–H groups in total. The van der Waals surface area contributed by atoms with Gasteiger partial charge in [0.25, 0.3) is 5.91 Å². The van der Waals surface area contributed by atoms with Gasteiger partial charge in [-0.3, -0.25) is 4.79 Å². The molecular weight excluding hydrogens is 375 g/mol. The van der Waals surface area contributed by atoms with Crippen molar-refractivity contribution in [3.05, 3.63) is 71.4 Å². The van der Waals surface area contributed by atoms with Crippen LogP contribution < -0.4 is 5.32 Å². The van der Waals surface area contributed by atoms with E-state index in [0.29, 0.717) is 16.5 Å². The minimum absolute atomic E-state index is 0.0402. The number of aromatic nitrogens is 1. The van der Waals surface area contributed by atoms with Crippen LogP contribution in [0.5, 0.6) is 0 Å². The number of hydrogen-bond donors (Lipinski definition) is 2. The number of aromatic amines is 1. The highest BCUT2D eigenvalue weighted by molar-refractivity contribution is 6.00. The van der Waals surface area contributed by atoms with E-state index in [-0.39, 0.29) is 12.2 Å². The molecule has 4 aromatic rings. The number of H-pyrrole nitrogens is 1. The molecule has 0 aliphatic heterocycles. The van der Waals surface area contributed by atoms with Crippen LogP contribution >= 0.6 is 0 Å². The molecule has 0 saturated carbocycles. The zero-order valence-corrected chi connectivity index (χ0v) is 15.9. The average molecular weight is 394 g/mol. The van der Waals surface area contributed by atoms with Crippen LogP contribution in [0.3, 0.4) is 0 Å². The lowest BCUT2D eigenvalue weighted by Gasteiger charge is -2.15. The predicted molar refractivity (Wildman–Crippen MR) is 106 cm³/mol. The van der Waals surface area contributed by atoms with Crippen LogP contribution in [0.4, 0.5) is 4.39 Å². The molecule has 0 aliphatic carbocycles. The van der Waals surface area contributed by atoms with Crippen molar-refractivity contribution in [1.29, 1.82) is 0 Å². The summed E-state index contributed by atoms with van der Waals surface area (Å²) in [6.07, 6.45) is 2.05. The number of ether oxygens (including phenoxy) is 1. The van der Waals surface area contributed by atoms with Gasteiger partial charge >= 0.3 is 5.97 Å². The Labute approximate surface area is 165 Å². The summed E-state index contributed by atoms with van der Waals surface area (Å²) in [7, 11) is 1.27. The third-order valence-electron chi connectivity index (χ3n) is 4.99. The molecular formula is C22H19FN2O4. The first-order chi connectivity index (χ1) is 14.0. The summed E-state index contributed by atoms with van der Waals surface area (Å²) in [6.45, 7) is 1.67. The lowest BCUT2D eigenvalue weighted by Crippen LogP contribution is -2.43. The van der Waals surface area contributed by atoms with Gasteiger partial charge < -0.3 is 19.5 Å². The van der Waals surface area contributed by atoms with Crippen LogP contribution in [0.25, 0.3) is 21.9 Å². The zero-order chi connectivity index (χ0) is 20.5. The molecule has 1 unspecified atom stereocenters. The van der Waals surface area contributed by atoms with Crippen LogP contribution in [0.2, 0.25) is 0 Å². The Kier molecular flexibility index (Phi) is 4.80. The van der Waals surface area contributed by atoms with Gasteiger partial charge in [-0.2, -0.15) is 0 Å². The van der Waals surface area contributed by atoms with Crippen molar-refractivity contribution >= 4 is 33.7 Å². The van der Waals surface area contributed by atoms with Gasteiger partial charge in [0.15, 0.2) is 5.76 Å². The molecule has 1 atom stereocenters. The number of fused-ring (bicyclic) bond motifs is 2. The number of rotatable bonds is 5. The summed E-state index contributed by atoms with van der Waals surface area (Å²) in [5, 5.41) is 4.17. The smallest absolute Gasteiger partial charge is 0.328 e. The molecule has 0 radical (unpaired) electrons. The summed E-state index contributed by atoms with van der Waals surface area (Å²) >= 11 is 0. The molecule has 1 amide bonds. The first-order valence-corrected chi connectivity index (χ1v) is 9.10. The molecule has 2 heterocycles. The molecule has 29 heavy (non-hydrogen) atoms. The van der Waals surface area contributed by atoms with Gasteiger partial charge in [-0.15, -0.1) is 0 Å².